The summed E-state index contributed by atoms with van der Waals surface area (Å²) in [5.74, 6) is 0. The van der Waals surface area contributed by atoms with Crippen molar-refractivity contribution in [3.05, 3.63) is 0 Å². The van der Waals surface area contributed by atoms with E-state index < -0.39 is 0 Å². The third-order valence-electron chi connectivity index (χ3n) is 1.80. The molecule has 0 radical (unpaired) electrons. The van der Waals surface area contributed by atoms with Crippen LogP contribution in [-0.4, -0.2) is 30.6 Å². The van der Waals surface area contributed by atoms with Crippen LogP contribution in [0.5, 0.6) is 0 Å². The van der Waals surface area contributed by atoms with Crippen LogP contribution in [0, 0.1) is 0 Å². The van der Waals surface area contributed by atoms with Crippen molar-refractivity contribution in [1.82, 2.24) is 4.90 Å². The molecule has 0 aromatic heterocycles. The molecule has 0 aromatic carbocycles. The van der Waals surface area contributed by atoms with E-state index in [0.717, 1.165) is 26.1 Å². The van der Waals surface area contributed by atoms with Crippen molar-refractivity contribution in [3.8, 4) is 0 Å². The van der Waals surface area contributed by atoms with Gasteiger partial charge in [0.25, 0.3) is 0 Å². The van der Waals surface area contributed by atoms with Gasteiger partial charge in [0.1, 0.15) is 6.10 Å². The van der Waals surface area contributed by atoms with Crippen LogP contribution in [0.2, 0.25) is 0 Å². The number of likely N-dealkylation sites (N-methyl/N-ethyl adjacent to an activating group) is 1. The van der Waals surface area contributed by atoms with E-state index in [-0.39, 0.29) is 6.10 Å². The summed E-state index contributed by atoms with van der Waals surface area (Å²) in [6.07, 6.45) is 0.676. The van der Waals surface area contributed by atoms with Gasteiger partial charge in [-0.1, -0.05) is 6.92 Å². The molecule has 0 spiro atoms. The summed E-state index contributed by atoms with van der Waals surface area (Å²) < 4.78 is 11.5. The Balaban J connectivity index is 2.20. The molecule has 0 saturated carbocycles. The smallest absolute Gasteiger partial charge is 0.112 e. The lowest BCUT2D eigenvalue weighted by molar-refractivity contribution is -0.173. The standard InChI is InChI=1S/C6H12FNO/c1-2-8-4-3-6(5-8)9-7/h6H,2-5H2,1H3. The summed E-state index contributed by atoms with van der Waals surface area (Å²) in [7, 11) is 0. The predicted molar refractivity (Wildman–Crippen MR) is 32.7 cm³/mol. The van der Waals surface area contributed by atoms with Gasteiger partial charge in [0, 0.05) is 13.1 Å². The summed E-state index contributed by atoms with van der Waals surface area (Å²) in [5.41, 5.74) is 0. The number of rotatable bonds is 2. The van der Waals surface area contributed by atoms with E-state index in [2.05, 4.69) is 16.8 Å². The first-order chi connectivity index (χ1) is 4.36. The second kappa shape index (κ2) is 3.13. The number of likely N-dealkylation sites (tertiary alicyclic amines) is 1. The second-order valence-electron chi connectivity index (χ2n) is 2.39. The molecule has 0 amide bonds. The van der Waals surface area contributed by atoms with Gasteiger partial charge in [-0.15, -0.1) is 0 Å². The van der Waals surface area contributed by atoms with Gasteiger partial charge in [-0.3, -0.25) is 0 Å². The van der Waals surface area contributed by atoms with Gasteiger partial charge in [-0.05, 0) is 17.5 Å². The molecule has 9 heavy (non-hydrogen) atoms. The van der Waals surface area contributed by atoms with Crippen molar-refractivity contribution in [1.29, 1.82) is 0 Å². The fraction of sp³-hybridized carbons (Fsp3) is 1.00. The highest BCUT2D eigenvalue weighted by molar-refractivity contribution is 4.73. The summed E-state index contributed by atoms with van der Waals surface area (Å²) >= 11 is 0. The first-order valence-corrected chi connectivity index (χ1v) is 3.36. The highest BCUT2D eigenvalue weighted by Crippen LogP contribution is 2.11. The molecule has 1 aliphatic rings. The molecule has 0 aliphatic carbocycles. The van der Waals surface area contributed by atoms with Crippen LogP contribution in [0.1, 0.15) is 13.3 Å². The Labute approximate surface area is 54.5 Å². The average Bonchev–Trinajstić information content (AvgIpc) is 2.34. The zero-order valence-corrected chi connectivity index (χ0v) is 5.64. The fourth-order valence-electron chi connectivity index (χ4n) is 1.16. The lowest BCUT2D eigenvalue weighted by atomic mass is 10.3. The number of hydrogen-bond acceptors (Lipinski definition) is 2. The van der Waals surface area contributed by atoms with Gasteiger partial charge in [-0.2, -0.15) is 4.94 Å². The fourth-order valence-corrected chi connectivity index (χ4v) is 1.16. The van der Waals surface area contributed by atoms with E-state index in [1.165, 1.54) is 0 Å². The normalized spacial score (nSPS) is 29.3. The summed E-state index contributed by atoms with van der Waals surface area (Å²) in [6, 6.07) is 0. The van der Waals surface area contributed by atoms with Crippen molar-refractivity contribution in [2.45, 2.75) is 19.4 Å². The number of hydrogen-bond donors (Lipinski definition) is 0. The molecule has 1 aliphatic heterocycles. The van der Waals surface area contributed by atoms with Crippen LogP contribution < -0.4 is 0 Å². The Morgan fingerprint density at radius 2 is 2.56 bits per heavy atom. The Morgan fingerprint density at radius 3 is 2.89 bits per heavy atom. The Hall–Kier alpha value is -0.150. The molecule has 1 fully saturated rings. The lowest BCUT2D eigenvalue weighted by Gasteiger charge is -2.09. The molecular weight excluding hydrogens is 121 g/mol. The zero-order valence-electron chi connectivity index (χ0n) is 5.64. The first-order valence-electron chi connectivity index (χ1n) is 3.36. The van der Waals surface area contributed by atoms with E-state index in [0.29, 0.717) is 0 Å². The summed E-state index contributed by atoms with van der Waals surface area (Å²) in [6.45, 7) is 4.80. The van der Waals surface area contributed by atoms with E-state index >= 15 is 0 Å². The van der Waals surface area contributed by atoms with Gasteiger partial charge in [0.05, 0.1) is 0 Å². The van der Waals surface area contributed by atoms with Gasteiger partial charge in [0.2, 0.25) is 0 Å². The maximum absolute atomic E-state index is 11.5. The van der Waals surface area contributed by atoms with Gasteiger partial charge in [-0.25, -0.2) is 0 Å². The Bertz CT molecular complexity index is 79.1. The molecular formula is C6H12FNO. The van der Waals surface area contributed by atoms with Crippen molar-refractivity contribution >= 4 is 0 Å². The minimum atomic E-state index is -0.162. The van der Waals surface area contributed by atoms with E-state index in [1.54, 1.807) is 0 Å². The maximum atomic E-state index is 11.5. The highest BCUT2D eigenvalue weighted by atomic mass is 19.3. The van der Waals surface area contributed by atoms with E-state index in [4.69, 9.17) is 0 Å². The minimum Gasteiger partial charge on any atom is -0.301 e. The van der Waals surface area contributed by atoms with E-state index in [1.807, 2.05) is 0 Å². The molecule has 2 nitrogen and oxygen atoms in total. The predicted octanol–water partition coefficient (Wildman–Crippen LogP) is 0.982. The van der Waals surface area contributed by atoms with Crippen LogP contribution in [-0.2, 0) is 4.94 Å². The third-order valence-corrected chi connectivity index (χ3v) is 1.80. The van der Waals surface area contributed by atoms with Gasteiger partial charge in [0.15, 0.2) is 0 Å². The van der Waals surface area contributed by atoms with Crippen LogP contribution in [0.15, 0.2) is 0 Å². The number of halogens is 1. The molecule has 1 atom stereocenters. The van der Waals surface area contributed by atoms with Gasteiger partial charge >= 0.3 is 0 Å². The lowest BCUT2D eigenvalue weighted by Crippen LogP contribution is -2.21. The largest absolute Gasteiger partial charge is 0.301 e. The average molecular weight is 133 g/mol. The zero-order chi connectivity index (χ0) is 6.69. The second-order valence-corrected chi connectivity index (χ2v) is 2.39. The summed E-state index contributed by atoms with van der Waals surface area (Å²) in [4.78, 5) is 5.87. The molecule has 54 valence electrons. The van der Waals surface area contributed by atoms with Crippen molar-refractivity contribution in [3.63, 3.8) is 0 Å². The molecule has 0 aromatic rings. The topological polar surface area (TPSA) is 12.5 Å². The summed E-state index contributed by atoms with van der Waals surface area (Å²) in [5, 5.41) is 0. The van der Waals surface area contributed by atoms with Crippen LogP contribution in [0.4, 0.5) is 4.53 Å². The molecule has 1 saturated heterocycles. The van der Waals surface area contributed by atoms with Crippen LogP contribution in [0.3, 0.4) is 0 Å². The third kappa shape index (κ3) is 1.63. The quantitative estimate of drug-likeness (QED) is 0.556. The van der Waals surface area contributed by atoms with Crippen LogP contribution >= 0.6 is 0 Å². The SMILES string of the molecule is CCN1CCC(OF)C1. The number of nitrogens with zero attached hydrogens (tertiary/aromatic N) is 1. The maximum Gasteiger partial charge on any atom is 0.112 e. The van der Waals surface area contributed by atoms with Crippen molar-refractivity contribution in [2.24, 2.45) is 0 Å². The molecule has 1 unspecified atom stereocenters. The Morgan fingerprint density at radius 1 is 1.78 bits per heavy atom. The minimum absolute atomic E-state index is 0.162. The van der Waals surface area contributed by atoms with Crippen LogP contribution in [0.25, 0.3) is 0 Å². The highest BCUT2D eigenvalue weighted by Gasteiger charge is 2.21. The van der Waals surface area contributed by atoms with Crippen molar-refractivity contribution < 1.29 is 9.47 Å². The molecule has 1 heterocycles. The van der Waals surface area contributed by atoms with Gasteiger partial charge < -0.3 is 4.90 Å². The first kappa shape index (κ1) is 6.96. The van der Waals surface area contributed by atoms with E-state index in [9.17, 15) is 4.53 Å². The molecule has 1 rings (SSSR count). The molecule has 3 heteroatoms. The Kier molecular flexibility index (Phi) is 2.42. The van der Waals surface area contributed by atoms with Crippen molar-refractivity contribution in [2.75, 3.05) is 19.6 Å². The monoisotopic (exact) mass is 133 g/mol. The molecule has 0 N–H and O–H groups in total. The molecule has 0 bridgehead atoms.